The van der Waals surface area contributed by atoms with Crippen LogP contribution in [0.2, 0.25) is 0 Å². The summed E-state index contributed by atoms with van der Waals surface area (Å²) in [5, 5.41) is 12.2. The molecule has 0 bridgehead atoms. The van der Waals surface area contributed by atoms with Gasteiger partial charge < -0.3 is 19.3 Å². The summed E-state index contributed by atoms with van der Waals surface area (Å²) in [6, 6.07) is 0. The average Bonchev–Trinajstić information content (AvgIpc) is 2.94. The lowest BCUT2D eigenvalue weighted by molar-refractivity contribution is -0.234. The van der Waals surface area contributed by atoms with Gasteiger partial charge in [-0.25, -0.2) is 0 Å². The van der Waals surface area contributed by atoms with E-state index in [9.17, 15) is 9.90 Å². The Bertz CT molecular complexity index is 650. The van der Waals surface area contributed by atoms with E-state index in [0.29, 0.717) is 17.6 Å². The van der Waals surface area contributed by atoms with Crippen molar-refractivity contribution in [3.05, 3.63) is 24.0 Å². The smallest absolute Gasteiger partial charge is 0.160 e. The molecule has 4 aliphatic rings. The molecule has 0 heterocycles. The monoisotopic (exact) mass is 348 g/mol. The summed E-state index contributed by atoms with van der Waals surface area (Å²) in [7, 11) is 3.16. The number of carbonyl (C=O) groups is 1. The van der Waals surface area contributed by atoms with Gasteiger partial charge in [-0.15, -0.1) is 0 Å². The van der Waals surface area contributed by atoms with Crippen molar-refractivity contribution in [2.45, 2.75) is 44.8 Å². The maximum absolute atomic E-state index is 12.3. The highest BCUT2D eigenvalue weighted by Gasteiger charge is 2.76. The molecule has 0 aromatic heterocycles. The number of allylic oxidation sites excluding steroid dienone is 2. The van der Waals surface area contributed by atoms with Crippen LogP contribution in [0.25, 0.3) is 0 Å². The molecular weight excluding hydrogens is 320 g/mol. The van der Waals surface area contributed by atoms with Crippen molar-refractivity contribution in [2.75, 3.05) is 21.0 Å². The Morgan fingerprint density at radius 3 is 2.72 bits per heavy atom. The third kappa shape index (κ3) is 2.03. The SMILES string of the molecule is COCO[C@@H]1C[C@@H]2[C@H]([C@@H]3CC=C[C@]4(CC(=O)C=C4OC)[C@@]13O)C2(C)C. The lowest BCUT2D eigenvalue weighted by atomic mass is 9.54. The topological polar surface area (TPSA) is 65.0 Å². The first-order valence-electron chi connectivity index (χ1n) is 9.12. The second kappa shape index (κ2) is 5.41. The Labute approximate surface area is 149 Å². The van der Waals surface area contributed by atoms with Crippen molar-refractivity contribution in [1.29, 1.82) is 0 Å². The molecule has 0 amide bonds. The van der Waals surface area contributed by atoms with E-state index in [4.69, 9.17) is 14.2 Å². The summed E-state index contributed by atoms with van der Waals surface area (Å²) in [6.07, 6.45) is 7.11. The van der Waals surface area contributed by atoms with Gasteiger partial charge in [0.15, 0.2) is 5.78 Å². The van der Waals surface area contributed by atoms with Gasteiger partial charge in [0.05, 0.1) is 18.6 Å². The van der Waals surface area contributed by atoms with Crippen LogP contribution in [0.15, 0.2) is 24.0 Å². The van der Waals surface area contributed by atoms with Crippen LogP contribution in [0.1, 0.15) is 33.1 Å². The Hall–Kier alpha value is -1.17. The van der Waals surface area contributed by atoms with E-state index in [2.05, 4.69) is 19.9 Å². The second-order valence-electron chi connectivity index (χ2n) is 8.65. The van der Waals surface area contributed by atoms with Gasteiger partial charge in [-0.1, -0.05) is 26.0 Å². The van der Waals surface area contributed by atoms with E-state index in [1.807, 2.05) is 6.08 Å². The lowest BCUT2D eigenvalue weighted by Crippen LogP contribution is -2.65. The first-order chi connectivity index (χ1) is 11.8. The molecule has 1 spiro atoms. The first kappa shape index (κ1) is 17.3. The maximum atomic E-state index is 12.3. The normalized spacial score (nSPS) is 46.6. The summed E-state index contributed by atoms with van der Waals surface area (Å²) >= 11 is 0. The minimum atomic E-state index is -1.16. The summed E-state index contributed by atoms with van der Waals surface area (Å²) in [5.74, 6) is 1.59. The van der Waals surface area contributed by atoms with E-state index < -0.39 is 11.0 Å². The fourth-order valence-electron chi connectivity index (χ4n) is 6.21. The molecule has 0 aliphatic heterocycles. The Morgan fingerprint density at radius 2 is 2.04 bits per heavy atom. The van der Waals surface area contributed by atoms with Gasteiger partial charge in [0, 0.05) is 19.6 Å². The fraction of sp³-hybridized carbons (Fsp3) is 0.750. The molecule has 4 aliphatic carbocycles. The van der Waals surface area contributed by atoms with Crippen LogP contribution in [0, 0.1) is 28.6 Å². The lowest BCUT2D eigenvalue weighted by Gasteiger charge is -2.56. The predicted molar refractivity (Wildman–Crippen MR) is 91.5 cm³/mol. The van der Waals surface area contributed by atoms with Crippen molar-refractivity contribution in [2.24, 2.45) is 28.6 Å². The molecule has 0 aromatic carbocycles. The molecule has 6 atom stereocenters. The summed E-state index contributed by atoms with van der Waals surface area (Å²) in [4.78, 5) is 12.3. The Morgan fingerprint density at radius 1 is 1.28 bits per heavy atom. The Kier molecular flexibility index (Phi) is 3.74. The molecule has 0 saturated heterocycles. The quantitative estimate of drug-likeness (QED) is 0.624. The number of fused-ring (bicyclic) bond motifs is 4. The zero-order valence-corrected chi connectivity index (χ0v) is 15.5. The zero-order valence-electron chi connectivity index (χ0n) is 15.5. The summed E-state index contributed by atoms with van der Waals surface area (Å²) in [5.41, 5.74) is -1.80. The van der Waals surface area contributed by atoms with Crippen LogP contribution >= 0.6 is 0 Å². The van der Waals surface area contributed by atoms with E-state index >= 15 is 0 Å². The van der Waals surface area contributed by atoms with Crippen LogP contribution in [0.4, 0.5) is 0 Å². The van der Waals surface area contributed by atoms with Crippen LogP contribution in [-0.4, -0.2) is 43.6 Å². The van der Waals surface area contributed by atoms with Gasteiger partial charge in [-0.2, -0.15) is 0 Å². The largest absolute Gasteiger partial charge is 0.500 e. The molecule has 0 unspecified atom stereocenters. The second-order valence-corrected chi connectivity index (χ2v) is 8.65. The third-order valence-electron chi connectivity index (χ3n) is 7.40. The van der Waals surface area contributed by atoms with E-state index in [0.717, 1.165) is 12.8 Å². The number of carbonyl (C=O) groups excluding carboxylic acids is 1. The molecule has 0 aromatic rings. The molecule has 2 fully saturated rings. The van der Waals surface area contributed by atoms with Crippen LogP contribution in [-0.2, 0) is 19.0 Å². The van der Waals surface area contributed by atoms with E-state index in [-0.39, 0.29) is 36.4 Å². The highest BCUT2D eigenvalue weighted by molar-refractivity contribution is 5.94. The van der Waals surface area contributed by atoms with Crippen molar-refractivity contribution < 1.29 is 24.1 Å². The van der Waals surface area contributed by atoms with Gasteiger partial charge in [-0.3, -0.25) is 4.79 Å². The van der Waals surface area contributed by atoms with Crippen molar-refractivity contribution in [1.82, 2.24) is 0 Å². The van der Waals surface area contributed by atoms with Gasteiger partial charge in [0.25, 0.3) is 0 Å². The maximum Gasteiger partial charge on any atom is 0.160 e. The molecular formula is C20H28O5. The molecule has 1 N–H and O–H groups in total. The van der Waals surface area contributed by atoms with Crippen LogP contribution in [0.3, 0.4) is 0 Å². The minimum Gasteiger partial charge on any atom is -0.500 e. The molecule has 5 nitrogen and oxygen atoms in total. The first-order valence-corrected chi connectivity index (χ1v) is 9.12. The average molecular weight is 348 g/mol. The minimum absolute atomic E-state index is 0.00162. The number of methoxy groups -OCH3 is 2. The van der Waals surface area contributed by atoms with Crippen molar-refractivity contribution in [3.63, 3.8) is 0 Å². The summed E-state index contributed by atoms with van der Waals surface area (Å²) < 4.78 is 16.7. The Balaban J connectivity index is 1.82. The summed E-state index contributed by atoms with van der Waals surface area (Å²) in [6.45, 7) is 4.69. The number of rotatable bonds is 4. The highest BCUT2D eigenvalue weighted by Crippen LogP contribution is 2.74. The highest BCUT2D eigenvalue weighted by atomic mass is 16.7. The molecule has 5 heteroatoms. The number of ether oxygens (including phenoxy) is 3. The predicted octanol–water partition coefficient (Wildman–Crippen LogP) is 2.45. The number of aliphatic hydroxyl groups is 1. The molecule has 2 saturated carbocycles. The molecule has 138 valence electrons. The number of ketones is 1. The van der Waals surface area contributed by atoms with Crippen LogP contribution < -0.4 is 0 Å². The van der Waals surface area contributed by atoms with Gasteiger partial charge in [-0.05, 0) is 36.0 Å². The van der Waals surface area contributed by atoms with Gasteiger partial charge >= 0.3 is 0 Å². The standard InChI is InChI=1S/C20H28O5/c1-18(2)14-9-16(25-11-23-3)20(22)13(17(14)18)6-5-7-19(20)10-12(21)8-15(19)24-4/h5,7-8,13-14,16-17,22H,6,9-11H2,1-4H3/t13-,14+,16+,17-,19+,20-/m0/s1. The van der Waals surface area contributed by atoms with E-state index in [1.165, 1.54) is 0 Å². The fourth-order valence-corrected chi connectivity index (χ4v) is 6.21. The molecule has 25 heavy (non-hydrogen) atoms. The zero-order chi connectivity index (χ0) is 18.0. The van der Waals surface area contributed by atoms with Crippen molar-refractivity contribution >= 4 is 5.78 Å². The molecule has 0 radical (unpaired) electrons. The van der Waals surface area contributed by atoms with Crippen molar-refractivity contribution in [3.8, 4) is 0 Å². The third-order valence-corrected chi connectivity index (χ3v) is 7.40. The van der Waals surface area contributed by atoms with Gasteiger partial charge in [0.2, 0.25) is 0 Å². The van der Waals surface area contributed by atoms with E-state index in [1.54, 1.807) is 20.3 Å². The molecule has 4 rings (SSSR count). The van der Waals surface area contributed by atoms with Crippen LogP contribution in [0.5, 0.6) is 0 Å². The number of hydrogen-bond donors (Lipinski definition) is 1. The number of hydrogen-bond acceptors (Lipinski definition) is 5. The van der Waals surface area contributed by atoms with Gasteiger partial charge in [0.1, 0.15) is 18.2 Å².